The summed E-state index contributed by atoms with van der Waals surface area (Å²) in [5.74, 6) is 0.975. The zero-order valence-electron chi connectivity index (χ0n) is 8.87. The van der Waals surface area contributed by atoms with Gasteiger partial charge < -0.3 is 9.26 Å². The molecule has 80 valence electrons. The van der Waals surface area contributed by atoms with Gasteiger partial charge in [0.15, 0.2) is 0 Å². The maximum absolute atomic E-state index is 5.82. The van der Waals surface area contributed by atoms with Crippen LogP contribution < -0.4 is 0 Å². The van der Waals surface area contributed by atoms with E-state index in [0.29, 0.717) is 11.7 Å². The van der Waals surface area contributed by atoms with Crippen molar-refractivity contribution in [1.29, 1.82) is 0 Å². The maximum atomic E-state index is 5.82. The van der Waals surface area contributed by atoms with Gasteiger partial charge in [-0.05, 0) is 20.3 Å². The van der Waals surface area contributed by atoms with E-state index < -0.39 is 5.60 Å². The third-order valence-electron chi connectivity index (χ3n) is 2.38. The van der Waals surface area contributed by atoms with E-state index in [1.165, 1.54) is 0 Å². The molecule has 0 saturated heterocycles. The Morgan fingerprint density at radius 3 is 2.64 bits per heavy atom. The number of aromatic nitrogens is 2. The Balaban J connectivity index is 2.95. The lowest BCUT2D eigenvalue weighted by atomic mass is 10.0. The van der Waals surface area contributed by atoms with Crippen LogP contribution in [-0.4, -0.2) is 17.3 Å². The number of ether oxygens (including phenoxy) is 1. The van der Waals surface area contributed by atoms with Gasteiger partial charge in [-0.1, -0.05) is 12.1 Å². The first-order valence-corrected chi connectivity index (χ1v) is 5.00. The van der Waals surface area contributed by atoms with Gasteiger partial charge in [-0.25, -0.2) is 0 Å². The average molecular weight is 219 g/mol. The minimum Gasteiger partial charge on any atom is -0.370 e. The molecule has 1 aromatic rings. The van der Waals surface area contributed by atoms with Crippen molar-refractivity contribution in [3.8, 4) is 0 Å². The zero-order valence-corrected chi connectivity index (χ0v) is 9.63. The first-order valence-electron chi connectivity index (χ1n) is 4.56. The lowest BCUT2D eigenvalue weighted by molar-refractivity contribution is -0.0106. The highest BCUT2D eigenvalue weighted by atomic mass is 35.5. The predicted molar refractivity (Wildman–Crippen MR) is 53.2 cm³/mol. The second-order valence-corrected chi connectivity index (χ2v) is 4.02. The molecule has 0 spiro atoms. The number of alkyl halides is 1. The molecule has 0 saturated carbocycles. The van der Waals surface area contributed by atoms with E-state index in [1.807, 2.05) is 13.8 Å². The number of hydrogen-bond donors (Lipinski definition) is 0. The molecule has 0 amide bonds. The molecule has 0 aliphatic heterocycles. The van der Waals surface area contributed by atoms with Crippen LogP contribution in [0, 0.1) is 0 Å². The van der Waals surface area contributed by atoms with Crippen molar-refractivity contribution in [3.05, 3.63) is 11.7 Å². The van der Waals surface area contributed by atoms with Gasteiger partial charge in [0.05, 0.1) is 0 Å². The summed E-state index contributed by atoms with van der Waals surface area (Å²) in [6.07, 6.45) is 0.777. The summed E-state index contributed by atoms with van der Waals surface area (Å²) in [7, 11) is 1.63. The van der Waals surface area contributed by atoms with E-state index >= 15 is 0 Å². The van der Waals surface area contributed by atoms with Crippen molar-refractivity contribution in [2.24, 2.45) is 0 Å². The highest BCUT2D eigenvalue weighted by molar-refractivity contribution is 6.20. The van der Waals surface area contributed by atoms with Crippen LogP contribution in [0.3, 0.4) is 0 Å². The molecule has 0 radical (unpaired) electrons. The molecule has 0 aromatic carbocycles. The lowest BCUT2D eigenvalue weighted by Crippen LogP contribution is -2.24. The van der Waals surface area contributed by atoms with Crippen molar-refractivity contribution in [2.45, 2.75) is 38.2 Å². The van der Waals surface area contributed by atoms with Crippen LogP contribution in [0.15, 0.2) is 4.52 Å². The largest absolute Gasteiger partial charge is 0.370 e. The molecule has 0 N–H and O–H groups in total. The van der Waals surface area contributed by atoms with Gasteiger partial charge in [0, 0.05) is 7.11 Å². The van der Waals surface area contributed by atoms with Crippen molar-refractivity contribution < 1.29 is 9.26 Å². The van der Waals surface area contributed by atoms with Crippen LogP contribution in [0.1, 0.15) is 44.3 Å². The molecule has 1 rings (SSSR count). The quantitative estimate of drug-likeness (QED) is 0.729. The summed E-state index contributed by atoms with van der Waals surface area (Å²) in [5.41, 5.74) is -0.493. The number of halogens is 1. The van der Waals surface area contributed by atoms with Gasteiger partial charge >= 0.3 is 0 Å². The van der Waals surface area contributed by atoms with Crippen LogP contribution >= 0.6 is 11.6 Å². The summed E-state index contributed by atoms with van der Waals surface area (Å²) in [6.45, 7) is 5.71. The Morgan fingerprint density at radius 2 is 2.29 bits per heavy atom. The van der Waals surface area contributed by atoms with Crippen LogP contribution in [0.25, 0.3) is 0 Å². The number of methoxy groups -OCH3 is 1. The highest BCUT2D eigenvalue weighted by Gasteiger charge is 2.30. The molecule has 2 atom stereocenters. The minimum atomic E-state index is -0.493. The van der Waals surface area contributed by atoms with E-state index in [0.717, 1.165) is 6.42 Å². The first kappa shape index (κ1) is 11.5. The second-order valence-electron chi connectivity index (χ2n) is 3.36. The zero-order chi connectivity index (χ0) is 10.8. The van der Waals surface area contributed by atoms with Crippen LogP contribution in [-0.2, 0) is 10.3 Å². The number of hydrogen-bond acceptors (Lipinski definition) is 4. The van der Waals surface area contributed by atoms with Gasteiger partial charge in [-0.15, -0.1) is 11.6 Å². The van der Waals surface area contributed by atoms with E-state index in [2.05, 4.69) is 10.1 Å². The summed E-state index contributed by atoms with van der Waals surface area (Å²) >= 11 is 5.82. The third-order valence-corrected chi connectivity index (χ3v) is 2.57. The normalized spacial score (nSPS) is 17.8. The molecule has 1 heterocycles. The summed E-state index contributed by atoms with van der Waals surface area (Å²) in [5, 5.41) is 3.59. The molecular weight excluding hydrogens is 204 g/mol. The van der Waals surface area contributed by atoms with Crippen molar-refractivity contribution in [2.75, 3.05) is 7.11 Å². The van der Waals surface area contributed by atoms with E-state index in [9.17, 15) is 0 Å². The molecular formula is C9H15ClN2O2. The predicted octanol–water partition coefficient (Wildman–Crippen LogP) is 2.64. The molecule has 14 heavy (non-hydrogen) atoms. The van der Waals surface area contributed by atoms with Gasteiger partial charge in [0.25, 0.3) is 0 Å². The molecule has 1 aromatic heterocycles. The number of nitrogens with zero attached hydrogens (tertiary/aromatic N) is 2. The average Bonchev–Trinajstić information content (AvgIpc) is 2.66. The molecule has 0 aliphatic carbocycles. The van der Waals surface area contributed by atoms with Gasteiger partial charge in [0.1, 0.15) is 11.0 Å². The summed E-state index contributed by atoms with van der Waals surface area (Å²) in [4.78, 5) is 4.19. The Morgan fingerprint density at radius 1 is 1.64 bits per heavy atom. The SMILES string of the molecule is CCC(C)(OC)c1noc(C(C)Cl)n1. The standard InChI is InChI=1S/C9H15ClN2O2/c1-5-9(3,13-4)8-11-7(6(2)10)14-12-8/h6H,5H2,1-4H3. The van der Waals surface area contributed by atoms with Crippen molar-refractivity contribution in [1.82, 2.24) is 10.1 Å². The van der Waals surface area contributed by atoms with E-state index in [1.54, 1.807) is 14.0 Å². The highest BCUT2D eigenvalue weighted by Crippen LogP contribution is 2.27. The van der Waals surface area contributed by atoms with Crippen molar-refractivity contribution >= 4 is 11.6 Å². The first-order chi connectivity index (χ1) is 6.53. The fourth-order valence-corrected chi connectivity index (χ4v) is 1.09. The Bertz CT molecular complexity index is 295. The number of rotatable bonds is 4. The van der Waals surface area contributed by atoms with E-state index in [-0.39, 0.29) is 5.38 Å². The molecule has 4 nitrogen and oxygen atoms in total. The summed E-state index contributed by atoms with van der Waals surface area (Å²) in [6, 6.07) is 0. The van der Waals surface area contributed by atoms with Gasteiger partial charge in [-0.3, -0.25) is 0 Å². The fourth-order valence-electron chi connectivity index (χ4n) is 1.01. The fraction of sp³-hybridized carbons (Fsp3) is 0.778. The Labute approximate surface area is 88.6 Å². The van der Waals surface area contributed by atoms with E-state index in [4.69, 9.17) is 20.9 Å². The second kappa shape index (κ2) is 4.28. The Hall–Kier alpha value is -0.610. The van der Waals surface area contributed by atoms with Gasteiger partial charge in [-0.2, -0.15) is 4.98 Å². The molecule has 2 unspecified atom stereocenters. The maximum Gasteiger partial charge on any atom is 0.244 e. The summed E-state index contributed by atoms with van der Waals surface area (Å²) < 4.78 is 10.3. The van der Waals surface area contributed by atoms with Crippen LogP contribution in [0.2, 0.25) is 0 Å². The third kappa shape index (κ3) is 2.07. The van der Waals surface area contributed by atoms with Crippen LogP contribution in [0.4, 0.5) is 0 Å². The lowest BCUT2D eigenvalue weighted by Gasteiger charge is -2.21. The molecule has 0 aliphatic rings. The topological polar surface area (TPSA) is 48.2 Å². The van der Waals surface area contributed by atoms with Crippen LogP contribution in [0.5, 0.6) is 0 Å². The monoisotopic (exact) mass is 218 g/mol. The van der Waals surface area contributed by atoms with Crippen molar-refractivity contribution in [3.63, 3.8) is 0 Å². The van der Waals surface area contributed by atoms with Gasteiger partial charge in [0.2, 0.25) is 11.7 Å². The molecule has 5 heteroatoms. The Kier molecular flexibility index (Phi) is 3.50. The molecule has 0 bridgehead atoms. The minimum absolute atomic E-state index is 0.269. The molecule has 0 fully saturated rings. The smallest absolute Gasteiger partial charge is 0.244 e.